The molecule has 0 radical (unpaired) electrons. The number of aryl methyl sites for hydroxylation is 1. The molecule has 4 heterocycles. The molecule has 0 fully saturated rings. The van der Waals surface area contributed by atoms with Crippen LogP contribution in [0.4, 0.5) is 0 Å². The van der Waals surface area contributed by atoms with Crippen molar-refractivity contribution >= 4 is 21.6 Å². The van der Waals surface area contributed by atoms with E-state index in [0.29, 0.717) is 17.4 Å². The minimum Gasteiger partial charge on any atom is -0.332 e. The normalized spacial score (nSPS) is 15.5. The summed E-state index contributed by atoms with van der Waals surface area (Å²) in [6.45, 7) is 3.82. The Labute approximate surface area is 169 Å². The first kappa shape index (κ1) is 17.0. The summed E-state index contributed by atoms with van der Waals surface area (Å²) in [5, 5.41) is 3.90. The first-order valence-electron chi connectivity index (χ1n) is 8.79. The topological polar surface area (TPSA) is 82.0 Å². The number of benzene rings is 1. The first-order valence-corrected chi connectivity index (χ1v) is 9.58. The number of rotatable bonds is 2. The Bertz CT molecular complexity index is 1210. The Morgan fingerprint density at radius 1 is 1.14 bits per heavy atom. The number of pyridine rings is 1. The van der Waals surface area contributed by atoms with E-state index in [4.69, 9.17) is 9.52 Å². The first-order chi connectivity index (χ1) is 13.6. The second-order valence-electron chi connectivity index (χ2n) is 6.53. The van der Waals surface area contributed by atoms with Gasteiger partial charge in [-0.2, -0.15) is 4.98 Å². The maximum Gasteiger partial charge on any atom is 0.278 e. The lowest BCUT2D eigenvalue weighted by atomic mass is 10.0. The van der Waals surface area contributed by atoms with E-state index in [1.54, 1.807) is 19.4 Å². The maximum atomic E-state index is 5.38. The molecule has 0 spiro atoms. The standard InChI is InChI=1S/C20H15BrN6O/c1-11-19-18(20-25-12(2)26-28-20)23-10-27(19)16-7-6-13(21)9-14(16)17(24-11)15-5-3-4-8-22-15/h3-11H,1-2H3. The Morgan fingerprint density at radius 3 is 2.79 bits per heavy atom. The van der Waals surface area contributed by atoms with E-state index < -0.39 is 0 Å². The number of aliphatic imine (C=N–C) groups is 1. The van der Waals surface area contributed by atoms with Gasteiger partial charge < -0.3 is 4.52 Å². The second kappa shape index (κ2) is 6.49. The van der Waals surface area contributed by atoms with E-state index in [1.807, 2.05) is 41.8 Å². The van der Waals surface area contributed by atoms with Crippen molar-refractivity contribution < 1.29 is 4.52 Å². The summed E-state index contributed by atoms with van der Waals surface area (Å²) in [5.74, 6) is 0.966. The Morgan fingerprint density at radius 2 is 2.04 bits per heavy atom. The summed E-state index contributed by atoms with van der Waals surface area (Å²) in [6, 6.07) is 11.8. The van der Waals surface area contributed by atoms with E-state index in [0.717, 1.165) is 32.8 Å². The van der Waals surface area contributed by atoms with E-state index in [9.17, 15) is 0 Å². The number of nitrogens with zero attached hydrogens (tertiary/aromatic N) is 6. The average molecular weight is 435 g/mol. The lowest BCUT2D eigenvalue weighted by Gasteiger charge is -2.12. The predicted molar refractivity (Wildman–Crippen MR) is 108 cm³/mol. The summed E-state index contributed by atoms with van der Waals surface area (Å²) in [5.41, 5.74) is 5.15. The molecule has 8 heteroatoms. The van der Waals surface area contributed by atoms with Crippen LogP contribution >= 0.6 is 15.9 Å². The second-order valence-corrected chi connectivity index (χ2v) is 7.44. The van der Waals surface area contributed by atoms with E-state index in [2.05, 4.69) is 42.1 Å². The smallest absolute Gasteiger partial charge is 0.278 e. The number of halogens is 1. The molecule has 5 rings (SSSR count). The summed E-state index contributed by atoms with van der Waals surface area (Å²) in [6.07, 6.45) is 3.56. The molecule has 1 unspecified atom stereocenters. The number of hydrogen-bond acceptors (Lipinski definition) is 6. The zero-order chi connectivity index (χ0) is 19.3. The van der Waals surface area contributed by atoms with Crippen molar-refractivity contribution in [3.63, 3.8) is 0 Å². The molecule has 0 amide bonds. The van der Waals surface area contributed by atoms with Crippen LogP contribution in [0.5, 0.6) is 0 Å². The van der Waals surface area contributed by atoms with Crippen LogP contribution in [0, 0.1) is 6.92 Å². The van der Waals surface area contributed by atoms with Crippen molar-refractivity contribution in [1.29, 1.82) is 0 Å². The van der Waals surface area contributed by atoms with Crippen molar-refractivity contribution in [2.75, 3.05) is 0 Å². The van der Waals surface area contributed by atoms with Crippen LogP contribution in [0.25, 0.3) is 17.3 Å². The van der Waals surface area contributed by atoms with Gasteiger partial charge in [0.25, 0.3) is 5.89 Å². The molecule has 3 aromatic heterocycles. The number of fused-ring (bicyclic) bond motifs is 3. The zero-order valence-corrected chi connectivity index (χ0v) is 16.8. The third-order valence-corrected chi connectivity index (χ3v) is 5.13. The maximum absolute atomic E-state index is 5.38. The molecule has 1 atom stereocenters. The van der Waals surface area contributed by atoms with E-state index in [-0.39, 0.29) is 6.04 Å². The average Bonchev–Trinajstić information content (AvgIpc) is 3.30. The van der Waals surface area contributed by atoms with Gasteiger partial charge in [-0.15, -0.1) is 0 Å². The molecule has 4 aromatic rings. The molecule has 0 N–H and O–H groups in total. The SMILES string of the molecule is Cc1noc(-c2ncn3c2C(C)N=C(c2ccccn2)c2cc(Br)ccc2-3)n1. The summed E-state index contributed by atoms with van der Waals surface area (Å²) >= 11 is 3.58. The fourth-order valence-corrected chi connectivity index (χ4v) is 3.81. The van der Waals surface area contributed by atoms with Crippen molar-refractivity contribution in [1.82, 2.24) is 24.7 Å². The molecular weight excluding hydrogens is 420 g/mol. The molecule has 0 aliphatic carbocycles. The third-order valence-electron chi connectivity index (χ3n) is 4.63. The molecule has 0 saturated carbocycles. The van der Waals surface area contributed by atoms with Crippen LogP contribution in [0.15, 0.2) is 62.9 Å². The molecule has 138 valence electrons. The van der Waals surface area contributed by atoms with Gasteiger partial charge in [0.15, 0.2) is 11.5 Å². The monoisotopic (exact) mass is 434 g/mol. The zero-order valence-electron chi connectivity index (χ0n) is 15.2. The van der Waals surface area contributed by atoms with Gasteiger partial charge in [-0.05, 0) is 44.2 Å². The van der Waals surface area contributed by atoms with Gasteiger partial charge in [-0.1, -0.05) is 27.2 Å². The number of hydrogen-bond donors (Lipinski definition) is 0. The van der Waals surface area contributed by atoms with Gasteiger partial charge in [0.1, 0.15) is 6.33 Å². The van der Waals surface area contributed by atoms with E-state index in [1.165, 1.54) is 0 Å². The lowest BCUT2D eigenvalue weighted by molar-refractivity contribution is 0.424. The highest BCUT2D eigenvalue weighted by molar-refractivity contribution is 9.10. The van der Waals surface area contributed by atoms with Crippen molar-refractivity contribution in [3.05, 3.63) is 76.2 Å². The number of imidazole rings is 1. The van der Waals surface area contributed by atoms with Crippen LogP contribution in [0.3, 0.4) is 0 Å². The summed E-state index contributed by atoms with van der Waals surface area (Å²) in [7, 11) is 0. The van der Waals surface area contributed by atoms with Crippen LogP contribution in [0.1, 0.15) is 35.7 Å². The summed E-state index contributed by atoms with van der Waals surface area (Å²) < 4.78 is 8.39. The molecule has 28 heavy (non-hydrogen) atoms. The highest BCUT2D eigenvalue weighted by Crippen LogP contribution is 2.36. The predicted octanol–water partition coefficient (Wildman–Crippen LogP) is 4.30. The molecule has 0 saturated heterocycles. The van der Waals surface area contributed by atoms with Gasteiger partial charge in [-0.3, -0.25) is 14.5 Å². The van der Waals surface area contributed by atoms with Crippen LogP contribution in [-0.4, -0.2) is 30.4 Å². The van der Waals surface area contributed by atoms with Gasteiger partial charge in [-0.25, -0.2) is 4.98 Å². The quantitative estimate of drug-likeness (QED) is 0.469. The highest BCUT2D eigenvalue weighted by Gasteiger charge is 2.28. The highest BCUT2D eigenvalue weighted by atomic mass is 79.9. The van der Waals surface area contributed by atoms with Crippen molar-refractivity contribution in [2.45, 2.75) is 19.9 Å². The fourth-order valence-electron chi connectivity index (χ4n) is 3.45. The van der Waals surface area contributed by atoms with Crippen LogP contribution in [0.2, 0.25) is 0 Å². The summed E-state index contributed by atoms with van der Waals surface area (Å²) in [4.78, 5) is 18.5. The Balaban J connectivity index is 1.79. The molecule has 1 aliphatic rings. The Hall–Kier alpha value is -3.13. The van der Waals surface area contributed by atoms with Crippen molar-refractivity contribution in [2.24, 2.45) is 4.99 Å². The van der Waals surface area contributed by atoms with Gasteiger partial charge in [0, 0.05) is 16.2 Å². The lowest BCUT2D eigenvalue weighted by Crippen LogP contribution is -2.08. The fraction of sp³-hybridized carbons (Fsp3) is 0.150. The molecule has 7 nitrogen and oxygen atoms in total. The van der Waals surface area contributed by atoms with Crippen LogP contribution < -0.4 is 0 Å². The van der Waals surface area contributed by atoms with Gasteiger partial charge in [0.05, 0.1) is 28.8 Å². The molecular formula is C20H15BrN6O. The molecule has 1 aromatic carbocycles. The van der Waals surface area contributed by atoms with Crippen molar-refractivity contribution in [3.8, 4) is 17.3 Å². The van der Waals surface area contributed by atoms with Gasteiger partial charge >= 0.3 is 0 Å². The molecule has 0 bridgehead atoms. The molecule has 1 aliphatic heterocycles. The Kier molecular flexibility index (Phi) is 3.94. The van der Waals surface area contributed by atoms with E-state index >= 15 is 0 Å². The third kappa shape index (κ3) is 2.68. The van der Waals surface area contributed by atoms with Gasteiger partial charge in [0.2, 0.25) is 0 Å². The van der Waals surface area contributed by atoms with Crippen LogP contribution in [-0.2, 0) is 0 Å². The minimum atomic E-state index is -0.187. The number of aromatic nitrogens is 5. The largest absolute Gasteiger partial charge is 0.332 e. The minimum absolute atomic E-state index is 0.187.